The zero-order chi connectivity index (χ0) is 24.2. The third-order valence-corrected chi connectivity index (χ3v) is 6.10. The van der Waals surface area contributed by atoms with Crippen molar-refractivity contribution in [3.8, 4) is 6.07 Å². The van der Waals surface area contributed by atoms with Crippen LogP contribution in [-0.4, -0.2) is 45.0 Å². The Morgan fingerprint density at radius 1 is 1.33 bits per heavy atom. The minimum atomic E-state index is -4.05. The van der Waals surface area contributed by atoms with E-state index in [0.717, 1.165) is 6.07 Å². The van der Waals surface area contributed by atoms with Gasteiger partial charge in [-0.05, 0) is 30.7 Å². The number of esters is 1. The molecule has 0 unspecified atom stereocenters. The molecule has 0 bridgehead atoms. The number of nitrogens with zero attached hydrogens (tertiary/aromatic N) is 3. The zero-order valence-electron chi connectivity index (χ0n) is 17.5. The third-order valence-electron chi connectivity index (χ3n) is 4.88. The summed E-state index contributed by atoms with van der Waals surface area (Å²) in [7, 11) is -4.05. The van der Waals surface area contributed by atoms with Crippen molar-refractivity contribution < 1.29 is 31.5 Å². The molecule has 0 spiro atoms. The fraction of sp³-hybridized carbons (Fsp3) is 0.333. The number of anilines is 1. The molecule has 1 saturated heterocycles. The highest BCUT2D eigenvalue weighted by Crippen LogP contribution is 2.29. The average Bonchev–Trinajstić information content (AvgIpc) is 2.71. The van der Waals surface area contributed by atoms with Crippen LogP contribution in [0.4, 0.5) is 14.6 Å². The predicted octanol–water partition coefficient (Wildman–Crippen LogP) is 1.82. The van der Waals surface area contributed by atoms with Gasteiger partial charge in [0.05, 0.1) is 35.1 Å². The first-order valence-corrected chi connectivity index (χ1v) is 11.5. The van der Waals surface area contributed by atoms with Crippen LogP contribution in [0.3, 0.4) is 0 Å². The second kappa shape index (κ2) is 9.91. The van der Waals surface area contributed by atoms with E-state index in [-0.39, 0.29) is 47.9 Å². The molecular weight excluding hydrogens is 458 g/mol. The Balaban J connectivity index is 1.68. The lowest BCUT2D eigenvalue weighted by molar-refractivity contribution is -0.123. The van der Waals surface area contributed by atoms with Gasteiger partial charge < -0.3 is 9.64 Å². The van der Waals surface area contributed by atoms with Gasteiger partial charge in [-0.2, -0.15) is 5.26 Å². The molecule has 0 saturated carbocycles. The van der Waals surface area contributed by atoms with Gasteiger partial charge in [-0.1, -0.05) is 12.1 Å². The van der Waals surface area contributed by atoms with Crippen molar-refractivity contribution >= 4 is 27.7 Å². The van der Waals surface area contributed by atoms with Crippen molar-refractivity contribution in [2.45, 2.75) is 19.4 Å². The van der Waals surface area contributed by atoms with Crippen LogP contribution < -0.4 is 9.62 Å². The number of sulfonamides is 1. The van der Waals surface area contributed by atoms with Gasteiger partial charge in [0.2, 0.25) is 15.9 Å². The number of amides is 1. The largest absolute Gasteiger partial charge is 0.462 e. The lowest BCUT2D eigenvalue weighted by Crippen LogP contribution is -2.55. The SMILES string of the molecule is CCOC(=O)c1cc(C#N)c(N2CC(C(=O)NS(=O)(=O)Cc3cccc(F)c3)C2)nc1CF. The van der Waals surface area contributed by atoms with E-state index >= 15 is 0 Å². The standard InChI is InChI=1S/C21H20F2N4O5S/c1-2-32-21(29)17-7-14(9-24)19(25-18(17)8-22)27-10-15(11-27)20(28)26-33(30,31)12-13-4-3-5-16(23)6-13/h3-7,15H,2,8,10-12H2,1H3,(H,26,28). The first-order valence-electron chi connectivity index (χ1n) is 9.88. The van der Waals surface area contributed by atoms with Crippen molar-refractivity contribution in [3.63, 3.8) is 0 Å². The number of benzene rings is 1. The summed E-state index contributed by atoms with van der Waals surface area (Å²) in [6.45, 7) is 0.659. The number of nitrogens with one attached hydrogen (secondary N) is 1. The number of hydrogen-bond acceptors (Lipinski definition) is 8. The number of carbonyl (C=O) groups excluding carboxylic acids is 2. The van der Waals surface area contributed by atoms with E-state index < -0.39 is 46.1 Å². The number of aromatic nitrogens is 1. The van der Waals surface area contributed by atoms with Gasteiger partial charge in [0.1, 0.15) is 24.4 Å². The fourth-order valence-corrected chi connectivity index (χ4v) is 4.45. The molecule has 1 fully saturated rings. The van der Waals surface area contributed by atoms with Crippen LogP contribution in [0.5, 0.6) is 0 Å². The summed E-state index contributed by atoms with van der Waals surface area (Å²) in [6.07, 6.45) is 0. The first-order chi connectivity index (χ1) is 15.7. The van der Waals surface area contributed by atoms with Gasteiger partial charge in [0.15, 0.2) is 0 Å². The maximum atomic E-state index is 13.5. The molecule has 33 heavy (non-hydrogen) atoms. The molecule has 0 radical (unpaired) electrons. The van der Waals surface area contributed by atoms with E-state index in [9.17, 15) is 32.0 Å². The van der Waals surface area contributed by atoms with Crippen molar-refractivity contribution in [2.24, 2.45) is 5.92 Å². The summed E-state index contributed by atoms with van der Waals surface area (Å²) in [5, 5.41) is 9.43. The van der Waals surface area contributed by atoms with Crippen molar-refractivity contribution in [2.75, 3.05) is 24.6 Å². The Bertz CT molecular complexity index is 1220. The number of rotatable bonds is 8. The molecule has 174 valence electrons. The van der Waals surface area contributed by atoms with Gasteiger partial charge in [0.25, 0.3) is 0 Å². The Kier molecular flexibility index (Phi) is 7.23. The van der Waals surface area contributed by atoms with E-state index in [0.29, 0.717) is 0 Å². The van der Waals surface area contributed by atoms with Crippen molar-refractivity contribution in [3.05, 3.63) is 58.5 Å². The van der Waals surface area contributed by atoms with Crippen LogP contribution in [0.2, 0.25) is 0 Å². The average molecular weight is 478 g/mol. The predicted molar refractivity (Wildman–Crippen MR) is 113 cm³/mol. The topological polar surface area (TPSA) is 129 Å². The minimum Gasteiger partial charge on any atom is -0.462 e. The molecule has 12 heteroatoms. The highest BCUT2D eigenvalue weighted by Gasteiger charge is 2.37. The Labute approximate surface area is 189 Å². The maximum absolute atomic E-state index is 13.5. The summed E-state index contributed by atoms with van der Waals surface area (Å²) in [5.74, 6) is -3.35. The smallest absolute Gasteiger partial charge is 0.340 e. The summed E-state index contributed by atoms with van der Waals surface area (Å²) in [4.78, 5) is 29.9. The molecular formula is C21H20F2N4O5S. The summed E-state index contributed by atoms with van der Waals surface area (Å²) >= 11 is 0. The number of halogens is 2. The second-order valence-electron chi connectivity index (χ2n) is 7.28. The molecule has 9 nitrogen and oxygen atoms in total. The summed E-state index contributed by atoms with van der Waals surface area (Å²) in [5.41, 5.74) is -0.174. The molecule has 1 aromatic carbocycles. The number of ether oxygens (including phenoxy) is 1. The Hall–Kier alpha value is -3.59. The summed E-state index contributed by atoms with van der Waals surface area (Å²) in [6, 6.07) is 8.10. The fourth-order valence-electron chi connectivity index (χ4n) is 3.29. The van der Waals surface area contributed by atoms with Crippen LogP contribution in [0.25, 0.3) is 0 Å². The number of carbonyl (C=O) groups is 2. The molecule has 2 heterocycles. The number of pyridine rings is 1. The van der Waals surface area contributed by atoms with Gasteiger partial charge in [0, 0.05) is 13.1 Å². The second-order valence-corrected chi connectivity index (χ2v) is 9.00. The molecule has 2 aromatic rings. The highest BCUT2D eigenvalue weighted by molar-refractivity contribution is 7.89. The lowest BCUT2D eigenvalue weighted by Gasteiger charge is -2.39. The maximum Gasteiger partial charge on any atom is 0.340 e. The summed E-state index contributed by atoms with van der Waals surface area (Å²) < 4.78 is 58.0. The molecule has 0 aliphatic carbocycles. The minimum absolute atomic E-state index is 0.00663. The Morgan fingerprint density at radius 3 is 2.67 bits per heavy atom. The van der Waals surface area contributed by atoms with E-state index in [1.54, 1.807) is 6.92 Å². The normalized spacial score (nSPS) is 13.7. The molecule has 1 aliphatic rings. The molecule has 1 amide bonds. The quantitative estimate of drug-likeness (QED) is 0.569. The number of hydrogen-bond donors (Lipinski definition) is 1. The molecule has 1 aliphatic heterocycles. The van der Waals surface area contributed by atoms with Crippen LogP contribution in [0.1, 0.15) is 34.1 Å². The van der Waals surface area contributed by atoms with Gasteiger partial charge in [-0.15, -0.1) is 0 Å². The van der Waals surface area contributed by atoms with E-state index in [1.165, 1.54) is 29.2 Å². The molecule has 0 atom stereocenters. The first kappa shape index (κ1) is 24.1. The number of nitriles is 1. The van der Waals surface area contributed by atoms with E-state index in [2.05, 4.69) is 4.98 Å². The monoisotopic (exact) mass is 478 g/mol. The molecule has 3 rings (SSSR count). The van der Waals surface area contributed by atoms with Crippen molar-refractivity contribution in [1.29, 1.82) is 5.26 Å². The van der Waals surface area contributed by atoms with E-state index in [1.807, 2.05) is 10.8 Å². The lowest BCUT2D eigenvalue weighted by atomic mass is 9.98. The van der Waals surface area contributed by atoms with E-state index in [4.69, 9.17) is 4.74 Å². The van der Waals surface area contributed by atoms with Crippen LogP contribution >= 0.6 is 0 Å². The highest BCUT2D eigenvalue weighted by atomic mass is 32.2. The number of alkyl halides is 1. The van der Waals surface area contributed by atoms with Gasteiger partial charge in [-0.3, -0.25) is 9.52 Å². The van der Waals surface area contributed by atoms with Gasteiger partial charge in [-0.25, -0.2) is 27.0 Å². The van der Waals surface area contributed by atoms with Crippen LogP contribution in [0.15, 0.2) is 30.3 Å². The van der Waals surface area contributed by atoms with Crippen molar-refractivity contribution in [1.82, 2.24) is 9.71 Å². The zero-order valence-corrected chi connectivity index (χ0v) is 18.4. The van der Waals surface area contributed by atoms with Crippen LogP contribution in [-0.2, 0) is 32.0 Å². The molecule has 1 aromatic heterocycles. The van der Waals surface area contributed by atoms with Gasteiger partial charge >= 0.3 is 5.97 Å². The third kappa shape index (κ3) is 5.61. The molecule has 1 N–H and O–H groups in total. The Morgan fingerprint density at radius 2 is 2.06 bits per heavy atom. The van der Waals surface area contributed by atoms with Crippen LogP contribution in [0, 0.1) is 23.1 Å².